The second-order valence-electron chi connectivity index (χ2n) is 8.18. The zero-order valence-corrected chi connectivity index (χ0v) is 15.8. The minimum absolute atomic E-state index is 0.236. The monoisotopic (exact) mass is 361 g/mol. The Balaban J connectivity index is 1.22. The Morgan fingerprint density at radius 3 is 2.93 bits per heavy atom. The van der Waals surface area contributed by atoms with E-state index in [2.05, 4.69) is 33.0 Å². The van der Waals surface area contributed by atoms with Crippen molar-refractivity contribution in [2.24, 2.45) is 0 Å². The number of likely N-dealkylation sites (tertiary alicyclic amines) is 1. The van der Waals surface area contributed by atoms with E-state index < -0.39 is 0 Å². The van der Waals surface area contributed by atoms with Crippen LogP contribution in [-0.2, 0) is 6.42 Å². The molecule has 4 heterocycles. The third-order valence-electron chi connectivity index (χ3n) is 6.62. The molecule has 1 aromatic carbocycles. The molecule has 4 heteroatoms. The van der Waals surface area contributed by atoms with Crippen LogP contribution in [-0.4, -0.2) is 47.9 Å². The quantitative estimate of drug-likeness (QED) is 0.762. The SMILES string of the molecule is O=C(CCCN1CC[C@H]2[C@@H](C1)c1cccc3c1N2CCC3)c1ccncc1. The lowest BCUT2D eigenvalue weighted by Crippen LogP contribution is -2.47. The number of nitrogens with zero attached hydrogens (tertiary/aromatic N) is 3. The highest BCUT2D eigenvalue weighted by Gasteiger charge is 2.43. The molecule has 1 saturated heterocycles. The van der Waals surface area contributed by atoms with Gasteiger partial charge in [0.1, 0.15) is 0 Å². The number of benzene rings is 1. The van der Waals surface area contributed by atoms with Crippen molar-refractivity contribution in [1.29, 1.82) is 0 Å². The summed E-state index contributed by atoms with van der Waals surface area (Å²) in [6, 6.07) is 11.3. The van der Waals surface area contributed by atoms with Gasteiger partial charge in [-0.2, -0.15) is 0 Å². The van der Waals surface area contributed by atoms with Gasteiger partial charge in [-0.3, -0.25) is 9.78 Å². The smallest absolute Gasteiger partial charge is 0.163 e. The number of Topliss-reactive ketones (excluding diaryl/α,β-unsaturated/α-hetero) is 1. The molecule has 0 aliphatic carbocycles. The average molecular weight is 361 g/mol. The van der Waals surface area contributed by atoms with Gasteiger partial charge >= 0.3 is 0 Å². The third kappa shape index (κ3) is 3.06. The summed E-state index contributed by atoms with van der Waals surface area (Å²) in [4.78, 5) is 21.6. The fraction of sp³-hybridized carbons (Fsp3) is 0.478. The largest absolute Gasteiger partial charge is 0.367 e. The van der Waals surface area contributed by atoms with Crippen LogP contribution in [0, 0.1) is 0 Å². The summed E-state index contributed by atoms with van der Waals surface area (Å²) in [7, 11) is 0. The molecular formula is C23H27N3O. The maximum Gasteiger partial charge on any atom is 0.163 e. The first kappa shape index (κ1) is 16.9. The lowest BCUT2D eigenvalue weighted by atomic mass is 9.88. The Morgan fingerprint density at radius 1 is 1.15 bits per heavy atom. The fourth-order valence-corrected chi connectivity index (χ4v) is 5.38. The number of piperidine rings is 1. The van der Waals surface area contributed by atoms with Gasteiger partial charge in [-0.05, 0) is 55.5 Å². The number of ketones is 1. The topological polar surface area (TPSA) is 36.4 Å². The number of pyridine rings is 1. The first-order chi connectivity index (χ1) is 13.3. The van der Waals surface area contributed by atoms with Crippen LogP contribution in [0.15, 0.2) is 42.7 Å². The van der Waals surface area contributed by atoms with E-state index in [1.165, 1.54) is 25.8 Å². The molecule has 2 aromatic rings. The molecule has 0 bridgehead atoms. The molecule has 0 N–H and O–H groups in total. The summed E-state index contributed by atoms with van der Waals surface area (Å²) in [6.07, 6.45) is 8.73. The minimum atomic E-state index is 0.236. The Morgan fingerprint density at radius 2 is 2.04 bits per heavy atom. The molecule has 3 aliphatic rings. The van der Waals surface area contributed by atoms with E-state index in [9.17, 15) is 4.79 Å². The number of aryl methyl sites for hydroxylation is 1. The summed E-state index contributed by atoms with van der Waals surface area (Å²) in [6.45, 7) is 4.55. The molecule has 0 spiro atoms. The van der Waals surface area contributed by atoms with Gasteiger partial charge in [0.15, 0.2) is 5.78 Å². The van der Waals surface area contributed by atoms with Crippen LogP contribution in [0.25, 0.3) is 0 Å². The van der Waals surface area contributed by atoms with E-state index in [0.29, 0.717) is 18.4 Å². The van der Waals surface area contributed by atoms with Crippen LogP contribution >= 0.6 is 0 Å². The molecule has 4 nitrogen and oxygen atoms in total. The summed E-state index contributed by atoms with van der Waals surface area (Å²) >= 11 is 0. The predicted octanol–water partition coefficient (Wildman–Crippen LogP) is 3.67. The number of fused-ring (bicyclic) bond motifs is 3. The van der Waals surface area contributed by atoms with Gasteiger partial charge in [0.25, 0.3) is 0 Å². The molecule has 0 radical (unpaired) electrons. The Bertz CT molecular complexity index is 835. The number of aromatic nitrogens is 1. The maximum absolute atomic E-state index is 12.3. The van der Waals surface area contributed by atoms with Crippen molar-refractivity contribution in [3.63, 3.8) is 0 Å². The second kappa shape index (κ2) is 7.08. The summed E-state index contributed by atoms with van der Waals surface area (Å²) < 4.78 is 0. The zero-order chi connectivity index (χ0) is 18.2. The number of carbonyl (C=O) groups excluding carboxylic acids is 1. The van der Waals surface area contributed by atoms with E-state index >= 15 is 0 Å². The zero-order valence-electron chi connectivity index (χ0n) is 15.8. The third-order valence-corrected chi connectivity index (χ3v) is 6.62. The lowest BCUT2D eigenvalue weighted by molar-refractivity contribution is 0.0971. The van der Waals surface area contributed by atoms with Crippen LogP contribution in [0.3, 0.4) is 0 Å². The number of rotatable bonds is 5. The van der Waals surface area contributed by atoms with Crippen LogP contribution in [0.4, 0.5) is 5.69 Å². The molecule has 0 saturated carbocycles. The highest BCUT2D eigenvalue weighted by molar-refractivity contribution is 5.95. The number of carbonyl (C=O) groups is 1. The van der Waals surface area contributed by atoms with Gasteiger partial charge in [0, 0.05) is 61.7 Å². The predicted molar refractivity (Wildman–Crippen MR) is 107 cm³/mol. The van der Waals surface area contributed by atoms with E-state index in [-0.39, 0.29) is 5.78 Å². The first-order valence-electron chi connectivity index (χ1n) is 10.4. The van der Waals surface area contributed by atoms with Crippen LogP contribution in [0.1, 0.15) is 53.1 Å². The number of hydrogen-bond acceptors (Lipinski definition) is 4. The Kier molecular flexibility index (Phi) is 4.44. The molecule has 27 heavy (non-hydrogen) atoms. The highest BCUT2D eigenvalue weighted by atomic mass is 16.1. The molecule has 0 amide bonds. The molecule has 140 valence electrons. The van der Waals surface area contributed by atoms with Crippen molar-refractivity contribution >= 4 is 11.5 Å². The summed E-state index contributed by atoms with van der Waals surface area (Å²) in [5.41, 5.74) is 5.49. The van der Waals surface area contributed by atoms with E-state index in [1.54, 1.807) is 29.2 Å². The van der Waals surface area contributed by atoms with Gasteiger partial charge in [-0.15, -0.1) is 0 Å². The van der Waals surface area contributed by atoms with Crippen molar-refractivity contribution in [3.05, 3.63) is 59.4 Å². The lowest BCUT2D eigenvalue weighted by Gasteiger charge is -2.40. The van der Waals surface area contributed by atoms with Crippen molar-refractivity contribution in [2.45, 2.75) is 44.1 Å². The van der Waals surface area contributed by atoms with Gasteiger partial charge < -0.3 is 9.80 Å². The minimum Gasteiger partial charge on any atom is -0.367 e. The first-order valence-corrected chi connectivity index (χ1v) is 10.4. The van der Waals surface area contributed by atoms with E-state index in [0.717, 1.165) is 31.6 Å². The normalized spacial score (nSPS) is 23.8. The van der Waals surface area contributed by atoms with Gasteiger partial charge in [0.2, 0.25) is 0 Å². The van der Waals surface area contributed by atoms with E-state index in [1.807, 2.05) is 12.1 Å². The van der Waals surface area contributed by atoms with Crippen molar-refractivity contribution < 1.29 is 4.79 Å². The number of hydrogen-bond donors (Lipinski definition) is 0. The Hall–Kier alpha value is -2.20. The van der Waals surface area contributed by atoms with Crippen LogP contribution in [0.5, 0.6) is 0 Å². The molecule has 1 aromatic heterocycles. The van der Waals surface area contributed by atoms with E-state index in [4.69, 9.17) is 0 Å². The average Bonchev–Trinajstić information content (AvgIpc) is 3.04. The molecular weight excluding hydrogens is 334 g/mol. The van der Waals surface area contributed by atoms with Crippen LogP contribution < -0.4 is 4.90 Å². The molecule has 3 aliphatic heterocycles. The van der Waals surface area contributed by atoms with Crippen molar-refractivity contribution in [3.8, 4) is 0 Å². The molecule has 0 unspecified atom stereocenters. The van der Waals surface area contributed by atoms with Gasteiger partial charge in [-0.1, -0.05) is 18.2 Å². The summed E-state index contributed by atoms with van der Waals surface area (Å²) in [5.74, 6) is 0.878. The van der Waals surface area contributed by atoms with Crippen LogP contribution in [0.2, 0.25) is 0 Å². The van der Waals surface area contributed by atoms with Gasteiger partial charge in [0.05, 0.1) is 0 Å². The second-order valence-corrected chi connectivity index (χ2v) is 8.18. The molecule has 2 atom stereocenters. The molecule has 1 fully saturated rings. The maximum atomic E-state index is 12.3. The molecule has 5 rings (SSSR count). The van der Waals surface area contributed by atoms with Crippen molar-refractivity contribution in [1.82, 2.24) is 9.88 Å². The Labute approximate surface area is 161 Å². The standard InChI is InChI=1S/C23H27N3O/c27-22(17-8-11-24-12-9-17)7-3-13-25-15-10-21-20(16-25)19-6-1-4-18-5-2-14-26(21)23(18)19/h1,4,6,8-9,11-12,20-21H,2-3,5,7,10,13-16H2/t20-,21-/m0/s1. The summed E-state index contributed by atoms with van der Waals surface area (Å²) in [5, 5.41) is 0. The number of para-hydroxylation sites is 1. The van der Waals surface area contributed by atoms with Gasteiger partial charge in [-0.25, -0.2) is 0 Å². The van der Waals surface area contributed by atoms with Crippen molar-refractivity contribution in [2.75, 3.05) is 31.1 Å². The fourth-order valence-electron chi connectivity index (χ4n) is 5.38. The number of anilines is 1. The highest BCUT2D eigenvalue weighted by Crippen LogP contribution is 2.48.